The van der Waals surface area contributed by atoms with Crippen LogP contribution >= 0.6 is 11.6 Å². The maximum atomic E-state index is 13.4. The van der Waals surface area contributed by atoms with E-state index < -0.39 is 0 Å². The molecule has 1 fully saturated rings. The topological polar surface area (TPSA) is 93.0 Å². The zero-order chi connectivity index (χ0) is 24.2. The molecule has 1 unspecified atom stereocenters. The van der Waals surface area contributed by atoms with Crippen molar-refractivity contribution in [3.8, 4) is 17.1 Å². The van der Waals surface area contributed by atoms with Crippen molar-refractivity contribution >= 4 is 29.2 Å². The number of para-hydroxylation sites is 1. The fourth-order valence-electron chi connectivity index (χ4n) is 4.12. The largest absolute Gasteiger partial charge is 0.335 e. The molecular weight excluding hydrogens is 464 g/mol. The van der Waals surface area contributed by atoms with Crippen molar-refractivity contribution in [2.24, 2.45) is 5.92 Å². The highest BCUT2D eigenvalue weighted by Gasteiger charge is 2.31. The summed E-state index contributed by atoms with van der Waals surface area (Å²) in [4.78, 5) is 36.6. The average molecular weight is 487 g/mol. The number of nitrogens with zero attached hydrogens (tertiary/aromatic N) is 5. The molecule has 0 saturated carbocycles. The molecule has 35 heavy (non-hydrogen) atoms. The minimum absolute atomic E-state index is 0.105. The summed E-state index contributed by atoms with van der Waals surface area (Å²) in [6.07, 6.45) is 2.88. The predicted octanol–water partition coefficient (Wildman–Crippen LogP) is 4.47. The maximum Gasteiger partial charge on any atom is 0.293 e. The molecule has 2 aromatic carbocycles. The lowest BCUT2D eigenvalue weighted by Crippen LogP contribution is -2.44. The fraction of sp³-hybridized carbons (Fsp3) is 0.192. The SMILES string of the molecule is O=C(Nc1ccc(Cl)cn1)C1CCCN(C(=O)c2nc(-c3ccccc3)n(-c3ccccc3)n2)C1. The third-order valence-electron chi connectivity index (χ3n) is 5.89. The maximum absolute atomic E-state index is 13.4. The molecule has 0 radical (unpaired) electrons. The number of carbonyl (C=O) groups is 2. The molecule has 4 aromatic rings. The first-order valence-corrected chi connectivity index (χ1v) is 11.8. The molecule has 1 atom stereocenters. The van der Waals surface area contributed by atoms with Gasteiger partial charge in [-0.05, 0) is 37.1 Å². The first-order chi connectivity index (χ1) is 17.1. The quantitative estimate of drug-likeness (QED) is 0.449. The summed E-state index contributed by atoms with van der Waals surface area (Å²) in [5, 5.41) is 7.88. The number of hydrogen-bond donors (Lipinski definition) is 1. The van der Waals surface area contributed by atoms with E-state index in [1.54, 1.807) is 21.7 Å². The van der Waals surface area contributed by atoms with E-state index in [1.165, 1.54) is 6.20 Å². The minimum Gasteiger partial charge on any atom is -0.335 e. The highest BCUT2D eigenvalue weighted by Crippen LogP contribution is 2.24. The summed E-state index contributed by atoms with van der Waals surface area (Å²) in [6.45, 7) is 0.834. The van der Waals surface area contributed by atoms with E-state index in [-0.39, 0.29) is 23.6 Å². The molecule has 1 aliphatic heterocycles. The number of amides is 2. The molecule has 0 aliphatic carbocycles. The second kappa shape index (κ2) is 10.1. The van der Waals surface area contributed by atoms with Gasteiger partial charge in [-0.2, -0.15) is 0 Å². The van der Waals surface area contributed by atoms with Crippen molar-refractivity contribution in [1.29, 1.82) is 0 Å². The molecule has 8 nitrogen and oxygen atoms in total. The van der Waals surface area contributed by atoms with Crippen LogP contribution in [0.25, 0.3) is 17.1 Å². The van der Waals surface area contributed by atoms with Gasteiger partial charge in [0, 0.05) is 24.8 Å². The Morgan fingerprint density at radius 2 is 1.71 bits per heavy atom. The Kier molecular flexibility index (Phi) is 6.54. The smallest absolute Gasteiger partial charge is 0.293 e. The van der Waals surface area contributed by atoms with Crippen LogP contribution < -0.4 is 5.32 Å². The van der Waals surface area contributed by atoms with Gasteiger partial charge in [-0.3, -0.25) is 9.59 Å². The number of hydrogen-bond acceptors (Lipinski definition) is 5. The molecule has 0 bridgehead atoms. The first kappa shape index (κ1) is 22.7. The second-order valence-corrected chi connectivity index (χ2v) is 8.75. The number of anilines is 1. The molecule has 9 heteroatoms. The average Bonchev–Trinajstić information content (AvgIpc) is 3.36. The molecule has 1 N–H and O–H groups in total. The Bertz CT molecular complexity index is 1270. The van der Waals surface area contributed by atoms with Crippen molar-refractivity contribution in [3.63, 3.8) is 0 Å². The van der Waals surface area contributed by atoms with E-state index in [0.29, 0.717) is 42.6 Å². The number of piperidine rings is 1. The van der Waals surface area contributed by atoms with Crippen molar-refractivity contribution in [2.45, 2.75) is 12.8 Å². The molecule has 2 aromatic heterocycles. The number of carbonyl (C=O) groups excluding carboxylic acids is 2. The molecule has 176 valence electrons. The van der Waals surface area contributed by atoms with E-state index in [4.69, 9.17) is 11.6 Å². The van der Waals surface area contributed by atoms with Crippen LogP contribution in [0.3, 0.4) is 0 Å². The summed E-state index contributed by atoms with van der Waals surface area (Å²) < 4.78 is 1.68. The Balaban J connectivity index is 1.37. The van der Waals surface area contributed by atoms with E-state index in [1.807, 2.05) is 60.7 Å². The standard InChI is InChI=1S/C26H23ClN6O2/c27-20-13-14-22(28-16-20)29-25(34)19-10-7-15-32(17-19)26(35)23-30-24(18-8-3-1-4-9-18)33(31-23)21-11-5-2-6-12-21/h1-6,8-9,11-14,16,19H,7,10,15,17H2,(H,28,29,34). The summed E-state index contributed by atoms with van der Waals surface area (Å²) in [6, 6.07) is 22.5. The first-order valence-electron chi connectivity index (χ1n) is 11.4. The summed E-state index contributed by atoms with van der Waals surface area (Å²) in [7, 11) is 0. The Labute approximate surface area is 207 Å². The van der Waals surface area contributed by atoms with E-state index in [2.05, 4.69) is 20.4 Å². The lowest BCUT2D eigenvalue weighted by atomic mass is 9.97. The van der Waals surface area contributed by atoms with E-state index in [9.17, 15) is 9.59 Å². The van der Waals surface area contributed by atoms with Crippen LogP contribution in [0.5, 0.6) is 0 Å². The molecule has 2 amide bonds. The van der Waals surface area contributed by atoms with Gasteiger partial charge in [-0.15, -0.1) is 5.10 Å². The monoisotopic (exact) mass is 486 g/mol. The molecule has 5 rings (SSSR count). The van der Waals surface area contributed by atoms with Gasteiger partial charge >= 0.3 is 0 Å². The van der Waals surface area contributed by atoms with E-state index >= 15 is 0 Å². The predicted molar refractivity (Wildman–Crippen MR) is 133 cm³/mol. The number of likely N-dealkylation sites (tertiary alicyclic amines) is 1. The van der Waals surface area contributed by atoms with E-state index in [0.717, 1.165) is 11.3 Å². The van der Waals surface area contributed by atoms with Crippen LogP contribution in [0, 0.1) is 5.92 Å². The molecule has 1 aliphatic rings. The van der Waals surface area contributed by atoms with Crippen molar-refractivity contribution in [1.82, 2.24) is 24.6 Å². The number of pyridine rings is 1. The number of rotatable bonds is 5. The highest BCUT2D eigenvalue weighted by molar-refractivity contribution is 6.30. The molecule has 3 heterocycles. The van der Waals surface area contributed by atoms with Gasteiger partial charge in [0.2, 0.25) is 11.7 Å². The molecule has 1 saturated heterocycles. The van der Waals surface area contributed by atoms with Crippen molar-refractivity contribution < 1.29 is 9.59 Å². The molecule has 0 spiro atoms. The van der Waals surface area contributed by atoms with Gasteiger partial charge < -0.3 is 10.2 Å². The van der Waals surface area contributed by atoms with Crippen LogP contribution in [0.1, 0.15) is 23.5 Å². The van der Waals surface area contributed by atoms with Gasteiger partial charge in [-0.25, -0.2) is 14.6 Å². The van der Waals surface area contributed by atoms with Gasteiger partial charge in [-0.1, -0.05) is 60.1 Å². The van der Waals surface area contributed by atoms with Crippen LogP contribution in [-0.4, -0.2) is 49.6 Å². The fourth-order valence-corrected chi connectivity index (χ4v) is 4.23. The Morgan fingerprint density at radius 3 is 2.43 bits per heavy atom. The number of nitrogens with one attached hydrogen (secondary N) is 1. The Morgan fingerprint density at radius 1 is 0.971 bits per heavy atom. The summed E-state index contributed by atoms with van der Waals surface area (Å²) in [5.41, 5.74) is 1.67. The van der Waals surface area contributed by atoms with Crippen molar-refractivity contribution in [3.05, 3.63) is 89.8 Å². The number of benzene rings is 2. The zero-order valence-corrected chi connectivity index (χ0v) is 19.6. The lowest BCUT2D eigenvalue weighted by molar-refractivity contribution is -0.121. The number of aromatic nitrogens is 4. The summed E-state index contributed by atoms with van der Waals surface area (Å²) >= 11 is 5.87. The zero-order valence-electron chi connectivity index (χ0n) is 18.8. The van der Waals surface area contributed by atoms with Gasteiger partial charge in [0.25, 0.3) is 5.91 Å². The number of halogens is 1. The minimum atomic E-state index is -0.352. The van der Waals surface area contributed by atoms with Gasteiger partial charge in [0.15, 0.2) is 5.82 Å². The third-order valence-corrected chi connectivity index (χ3v) is 6.11. The highest BCUT2D eigenvalue weighted by atomic mass is 35.5. The van der Waals surface area contributed by atoms with Crippen LogP contribution in [0.15, 0.2) is 79.0 Å². The van der Waals surface area contributed by atoms with Crippen LogP contribution in [0.2, 0.25) is 5.02 Å². The second-order valence-electron chi connectivity index (χ2n) is 8.31. The normalized spacial score (nSPS) is 15.6. The van der Waals surface area contributed by atoms with Gasteiger partial charge in [0.05, 0.1) is 16.6 Å². The van der Waals surface area contributed by atoms with Crippen molar-refractivity contribution in [2.75, 3.05) is 18.4 Å². The molecular formula is C26H23ClN6O2. The Hall–Kier alpha value is -4.04. The summed E-state index contributed by atoms with van der Waals surface area (Å²) in [5.74, 6) is 0.297. The third kappa shape index (κ3) is 5.07. The van der Waals surface area contributed by atoms with Crippen LogP contribution in [0.4, 0.5) is 5.82 Å². The lowest BCUT2D eigenvalue weighted by Gasteiger charge is -2.31. The van der Waals surface area contributed by atoms with Gasteiger partial charge in [0.1, 0.15) is 5.82 Å². The van der Waals surface area contributed by atoms with Crippen LogP contribution in [-0.2, 0) is 4.79 Å².